The van der Waals surface area contributed by atoms with Crippen molar-refractivity contribution in [1.29, 1.82) is 0 Å². The van der Waals surface area contributed by atoms with Crippen molar-refractivity contribution in [3.8, 4) is 0 Å². The van der Waals surface area contributed by atoms with E-state index >= 15 is 0 Å². The highest BCUT2D eigenvalue weighted by Crippen LogP contribution is 2.29. The van der Waals surface area contributed by atoms with Gasteiger partial charge in [-0.25, -0.2) is 4.79 Å². The monoisotopic (exact) mass is 240 g/mol. The number of carboxylic acids is 1. The highest BCUT2D eigenvalue weighted by Gasteiger charge is 2.30. The van der Waals surface area contributed by atoms with Gasteiger partial charge in [0.2, 0.25) is 0 Å². The fourth-order valence-electron chi connectivity index (χ4n) is 2.32. The first-order chi connectivity index (χ1) is 8.08. The van der Waals surface area contributed by atoms with E-state index in [0.717, 1.165) is 6.54 Å². The normalized spacial score (nSPS) is 21.4. The number of aliphatic carboxylic acids is 1. The van der Waals surface area contributed by atoms with Gasteiger partial charge in [0, 0.05) is 26.7 Å². The van der Waals surface area contributed by atoms with Crippen molar-refractivity contribution in [2.75, 3.05) is 26.7 Å². The van der Waals surface area contributed by atoms with Crippen molar-refractivity contribution in [3.05, 3.63) is 0 Å². The Hall–Kier alpha value is -1.26. The Morgan fingerprint density at radius 1 is 1.24 bits per heavy atom. The summed E-state index contributed by atoms with van der Waals surface area (Å²) in [4.78, 5) is 26.4. The molecule has 2 rings (SSSR count). The molecule has 96 valence electrons. The molecule has 5 nitrogen and oxygen atoms in total. The number of carbonyl (C=O) groups excluding carboxylic acids is 1. The summed E-state index contributed by atoms with van der Waals surface area (Å²) in [5.74, 6) is -0.309. The van der Waals surface area contributed by atoms with Crippen LogP contribution < -0.4 is 0 Å². The van der Waals surface area contributed by atoms with Gasteiger partial charge >= 0.3 is 12.0 Å². The molecule has 1 saturated heterocycles. The molecule has 2 amide bonds. The van der Waals surface area contributed by atoms with Gasteiger partial charge in [-0.15, -0.1) is 0 Å². The van der Waals surface area contributed by atoms with E-state index in [2.05, 4.69) is 0 Å². The first-order valence-corrected chi connectivity index (χ1v) is 6.30. The third-order valence-corrected chi connectivity index (χ3v) is 3.67. The number of likely N-dealkylation sites (tertiary alicyclic amines) is 1. The van der Waals surface area contributed by atoms with E-state index in [9.17, 15) is 9.59 Å². The number of urea groups is 1. The number of hydrogen-bond acceptors (Lipinski definition) is 2. The Morgan fingerprint density at radius 3 is 2.29 bits per heavy atom. The van der Waals surface area contributed by atoms with Crippen LogP contribution >= 0.6 is 0 Å². The first kappa shape index (κ1) is 12.2. The van der Waals surface area contributed by atoms with Crippen LogP contribution in [0.5, 0.6) is 0 Å². The fraction of sp³-hybridized carbons (Fsp3) is 0.833. The average Bonchev–Trinajstić information content (AvgIpc) is 3.12. The van der Waals surface area contributed by atoms with E-state index in [1.54, 1.807) is 9.80 Å². The van der Waals surface area contributed by atoms with Gasteiger partial charge in [0.15, 0.2) is 0 Å². The van der Waals surface area contributed by atoms with Crippen LogP contribution in [0, 0.1) is 11.8 Å². The lowest BCUT2D eigenvalue weighted by Crippen LogP contribution is -2.46. The van der Waals surface area contributed by atoms with Crippen molar-refractivity contribution in [1.82, 2.24) is 9.80 Å². The zero-order valence-corrected chi connectivity index (χ0v) is 10.3. The molecule has 0 aromatic carbocycles. The molecule has 1 heterocycles. The predicted octanol–water partition coefficient (Wildman–Crippen LogP) is 1.24. The van der Waals surface area contributed by atoms with Crippen LogP contribution in [0.1, 0.15) is 25.7 Å². The highest BCUT2D eigenvalue weighted by molar-refractivity contribution is 5.75. The van der Waals surface area contributed by atoms with Crippen molar-refractivity contribution in [2.24, 2.45) is 11.8 Å². The molecule has 0 aromatic heterocycles. The molecule has 5 heteroatoms. The zero-order chi connectivity index (χ0) is 12.4. The Balaban J connectivity index is 1.78. The summed E-state index contributed by atoms with van der Waals surface area (Å²) in [5.41, 5.74) is 0. The molecule has 1 saturated carbocycles. The lowest BCUT2D eigenvalue weighted by atomic mass is 9.97. The van der Waals surface area contributed by atoms with Crippen LogP contribution in [0.25, 0.3) is 0 Å². The van der Waals surface area contributed by atoms with Gasteiger partial charge in [0.1, 0.15) is 0 Å². The molecular formula is C12H20N2O3. The van der Waals surface area contributed by atoms with E-state index < -0.39 is 5.97 Å². The van der Waals surface area contributed by atoms with Crippen LogP contribution in [0.4, 0.5) is 4.79 Å². The van der Waals surface area contributed by atoms with Crippen molar-refractivity contribution < 1.29 is 14.7 Å². The molecule has 1 N–H and O–H groups in total. The molecule has 1 aliphatic carbocycles. The second kappa shape index (κ2) is 4.94. The third kappa shape index (κ3) is 3.11. The molecule has 2 fully saturated rings. The molecule has 0 unspecified atom stereocenters. The number of carboxylic acid groups (broad SMARTS) is 1. The number of nitrogens with zero attached hydrogens (tertiary/aromatic N) is 2. The Labute approximate surface area is 101 Å². The van der Waals surface area contributed by atoms with Crippen molar-refractivity contribution >= 4 is 12.0 Å². The SMILES string of the molecule is CN(CC1CC1)C(=O)N1CCC(C(=O)O)CC1. The number of carbonyl (C=O) groups is 2. The second-order valence-corrected chi connectivity index (χ2v) is 5.21. The summed E-state index contributed by atoms with van der Waals surface area (Å²) in [5, 5.41) is 8.89. The van der Waals surface area contributed by atoms with E-state index in [0.29, 0.717) is 31.8 Å². The maximum atomic E-state index is 12.0. The Morgan fingerprint density at radius 2 is 1.82 bits per heavy atom. The first-order valence-electron chi connectivity index (χ1n) is 6.30. The van der Waals surface area contributed by atoms with Crippen LogP contribution in [0.3, 0.4) is 0 Å². The van der Waals surface area contributed by atoms with Gasteiger partial charge in [-0.3, -0.25) is 4.79 Å². The number of piperidine rings is 1. The van der Waals surface area contributed by atoms with Crippen molar-refractivity contribution in [2.45, 2.75) is 25.7 Å². The van der Waals surface area contributed by atoms with E-state index in [-0.39, 0.29) is 11.9 Å². The summed E-state index contributed by atoms with van der Waals surface area (Å²) in [6, 6.07) is 0.0562. The molecule has 1 aliphatic heterocycles. The minimum absolute atomic E-state index is 0.0562. The topological polar surface area (TPSA) is 60.9 Å². The quantitative estimate of drug-likeness (QED) is 0.807. The summed E-state index contributed by atoms with van der Waals surface area (Å²) in [6.45, 7) is 1.99. The van der Waals surface area contributed by atoms with Gasteiger partial charge < -0.3 is 14.9 Å². The number of rotatable bonds is 3. The molecule has 0 spiro atoms. The van der Waals surface area contributed by atoms with Crippen LogP contribution in [0.2, 0.25) is 0 Å². The molecule has 0 aromatic rings. The van der Waals surface area contributed by atoms with Crippen LogP contribution in [-0.4, -0.2) is 53.6 Å². The lowest BCUT2D eigenvalue weighted by molar-refractivity contribution is -0.143. The van der Waals surface area contributed by atoms with E-state index in [1.807, 2.05) is 7.05 Å². The van der Waals surface area contributed by atoms with Gasteiger partial charge in [-0.05, 0) is 31.6 Å². The van der Waals surface area contributed by atoms with Gasteiger partial charge in [0.05, 0.1) is 5.92 Å². The maximum Gasteiger partial charge on any atom is 0.319 e. The second-order valence-electron chi connectivity index (χ2n) is 5.21. The van der Waals surface area contributed by atoms with Gasteiger partial charge in [-0.1, -0.05) is 0 Å². The van der Waals surface area contributed by atoms with E-state index in [4.69, 9.17) is 5.11 Å². The largest absolute Gasteiger partial charge is 0.481 e. The standard InChI is InChI=1S/C12H20N2O3/c1-13(8-9-2-3-9)12(17)14-6-4-10(5-7-14)11(15)16/h9-10H,2-8H2,1H3,(H,15,16). The molecule has 0 bridgehead atoms. The number of amides is 2. The minimum atomic E-state index is -0.733. The Kier molecular flexibility index (Phi) is 3.54. The summed E-state index contributed by atoms with van der Waals surface area (Å²) < 4.78 is 0. The fourth-order valence-corrected chi connectivity index (χ4v) is 2.32. The highest BCUT2D eigenvalue weighted by atomic mass is 16.4. The molecule has 17 heavy (non-hydrogen) atoms. The summed E-state index contributed by atoms with van der Waals surface area (Å²) in [6.07, 6.45) is 3.63. The molecule has 0 atom stereocenters. The molecular weight excluding hydrogens is 220 g/mol. The Bertz CT molecular complexity index is 307. The van der Waals surface area contributed by atoms with Gasteiger partial charge in [0.25, 0.3) is 0 Å². The van der Waals surface area contributed by atoms with Gasteiger partial charge in [-0.2, -0.15) is 0 Å². The zero-order valence-electron chi connectivity index (χ0n) is 10.3. The lowest BCUT2D eigenvalue weighted by Gasteiger charge is -2.33. The van der Waals surface area contributed by atoms with Crippen LogP contribution in [0.15, 0.2) is 0 Å². The minimum Gasteiger partial charge on any atom is -0.481 e. The van der Waals surface area contributed by atoms with Crippen molar-refractivity contribution in [3.63, 3.8) is 0 Å². The molecule has 0 radical (unpaired) electrons. The summed E-state index contributed by atoms with van der Waals surface area (Å²) in [7, 11) is 1.84. The number of hydrogen-bond donors (Lipinski definition) is 1. The average molecular weight is 240 g/mol. The summed E-state index contributed by atoms with van der Waals surface area (Å²) >= 11 is 0. The maximum absolute atomic E-state index is 12.0. The molecule has 2 aliphatic rings. The third-order valence-electron chi connectivity index (χ3n) is 3.67. The smallest absolute Gasteiger partial charge is 0.319 e. The van der Waals surface area contributed by atoms with E-state index in [1.165, 1.54) is 12.8 Å². The predicted molar refractivity (Wildman–Crippen MR) is 62.7 cm³/mol. The van der Waals surface area contributed by atoms with Crippen LogP contribution in [-0.2, 0) is 4.79 Å².